The third kappa shape index (κ3) is 4.20. The summed E-state index contributed by atoms with van der Waals surface area (Å²) in [6, 6.07) is 0.704. The number of hydrogen-bond acceptors (Lipinski definition) is 4. The quantitative estimate of drug-likeness (QED) is 0.446. The number of rotatable bonds is 3. The van der Waals surface area contributed by atoms with Gasteiger partial charge in [-0.1, -0.05) is 25.7 Å². The van der Waals surface area contributed by atoms with Crippen LogP contribution in [-0.2, 0) is 14.3 Å². The van der Waals surface area contributed by atoms with Crippen molar-refractivity contribution in [1.29, 1.82) is 0 Å². The molecule has 114 valence electrons. The van der Waals surface area contributed by atoms with Gasteiger partial charge in [0.2, 0.25) is 5.91 Å². The minimum Gasteiger partial charge on any atom is -0.469 e. The fourth-order valence-electron chi connectivity index (χ4n) is 3.27. The van der Waals surface area contributed by atoms with Crippen LogP contribution >= 0.6 is 0 Å². The molecule has 1 heterocycles. The zero-order valence-corrected chi connectivity index (χ0v) is 12.5. The molecule has 0 spiro atoms. The van der Waals surface area contributed by atoms with E-state index in [0.717, 1.165) is 26.2 Å². The number of hydrogen-bond donors (Lipinski definition) is 0. The number of methoxy groups -OCH3 is 1. The van der Waals surface area contributed by atoms with E-state index in [1.165, 1.54) is 45.6 Å². The molecule has 0 radical (unpaired) electrons. The topological polar surface area (TPSA) is 49.9 Å². The van der Waals surface area contributed by atoms with E-state index in [2.05, 4.69) is 9.64 Å². The summed E-state index contributed by atoms with van der Waals surface area (Å²) in [5.41, 5.74) is 0. The van der Waals surface area contributed by atoms with Gasteiger partial charge in [-0.2, -0.15) is 0 Å². The predicted octanol–water partition coefficient (Wildman–Crippen LogP) is 1.42. The van der Waals surface area contributed by atoms with Crippen LogP contribution in [0, 0.1) is 0 Å². The first-order chi connectivity index (χ1) is 9.70. The van der Waals surface area contributed by atoms with Gasteiger partial charge in [-0.05, 0) is 12.8 Å². The number of esters is 1. The molecule has 20 heavy (non-hydrogen) atoms. The highest BCUT2D eigenvalue weighted by Crippen LogP contribution is 2.22. The van der Waals surface area contributed by atoms with Crippen LogP contribution in [0.15, 0.2) is 0 Å². The summed E-state index contributed by atoms with van der Waals surface area (Å²) in [4.78, 5) is 27.4. The normalized spacial score (nSPS) is 22.4. The van der Waals surface area contributed by atoms with Gasteiger partial charge in [-0.25, -0.2) is 0 Å². The molecule has 1 amide bonds. The lowest BCUT2D eigenvalue weighted by Gasteiger charge is -2.39. The Bertz CT molecular complexity index is 330. The second-order valence-electron chi connectivity index (χ2n) is 5.82. The minimum absolute atomic E-state index is 0.0997. The number of amides is 1. The Morgan fingerprint density at radius 1 is 1.00 bits per heavy atom. The molecule has 1 aliphatic heterocycles. The third-order valence-electron chi connectivity index (χ3n) is 4.53. The lowest BCUT2D eigenvalue weighted by atomic mass is 10.1. The summed E-state index contributed by atoms with van der Waals surface area (Å²) >= 11 is 0. The second-order valence-corrected chi connectivity index (χ2v) is 5.82. The summed E-state index contributed by atoms with van der Waals surface area (Å²) in [6.07, 6.45) is 7.90. The molecule has 2 fully saturated rings. The van der Waals surface area contributed by atoms with E-state index in [4.69, 9.17) is 0 Å². The molecule has 0 unspecified atom stereocenters. The van der Waals surface area contributed by atoms with Crippen molar-refractivity contribution >= 4 is 11.9 Å². The molecule has 0 bridgehead atoms. The van der Waals surface area contributed by atoms with Crippen molar-refractivity contribution in [3.05, 3.63) is 0 Å². The number of piperazine rings is 1. The fourth-order valence-corrected chi connectivity index (χ4v) is 3.27. The SMILES string of the molecule is COC(=O)CC(=O)N1CCN(C2CCCCCC2)CC1. The molecular weight excluding hydrogens is 256 g/mol. The summed E-state index contributed by atoms with van der Waals surface area (Å²) in [6.45, 7) is 3.37. The van der Waals surface area contributed by atoms with Gasteiger partial charge in [0.1, 0.15) is 6.42 Å². The minimum atomic E-state index is -0.443. The Hall–Kier alpha value is -1.10. The molecule has 0 N–H and O–H groups in total. The van der Waals surface area contributed by atoms with Crippen LogP contribution in [0.4, 0.5) is 0 Å². The second kappa shape index (κ2) is 7.62. The van der Waals surface area contributed by atoms with Crippen molar-refractivity contribution < 1.29 is 14.3 Å². The molecule has 2 aliphatic rings. The molecule has 1 saturated carbocycles. The summed E-state index contributed by atoms with van der Waals surface area (Å²) in [5.74, 6) is -0.543. The van der Waals surface area contributed by atoms with Gasteiger partial charge in [-0.15, -0.1) is 0 Å². The van der Waals surface area contributed by atoms with Crippen LogP contribution in [0.25, 0.3) is 0 Å². The average Bonchev–Trinajstić information content (AvgIpc) is 2.76. The van der Waals surface area contributed by atoms with Crippen LogP contribution < -0.4 is 0 Å². The summed E-state index contributed by atoms with van der Waals surface area (Å²) in [5, 5.41) is 0. The van der Waals surface area contributed by atoms with Crippen LogP contribution in [-0.4, -0.2) is 61.0 Å². The van der Waals surface area contributed by atoms with Gasteiger partial charge in [0.15, 0.2) is 0 Å². The van der Waals surface area contributed by atoms with Gasteiger partial charge >= 0.3 is 5.97 Å². The van der Waals surface area contributed by atoms with Crippen LogP contribution in [0.5, 0.6) is 0 Å². The Kier molecular flexibility index (Phi) is 5.83. The molecule has 1 aliphatic carbocycles. The maximum absolute atomic E-state index is 11.9. The summed E-state index contributed by atoms with van der Waals surface area (Å²) < 4.78 is 4.55. The van der Waals surface area contributed by atoms with E-state index in [9.17, 15) is 9.59 Å². The highest BCUT2D eigenvalue weighted by molar-refractivity contribution is 5.94. The maximum Gasteiger partial charge on any atom is 0.315 e. The van der Waals surface area contributed by atoms with E-state index >= 15 is 0 Å². The van der Waals surface area contributed by atoms with E-state index in [1.807, 2.05) is 0 Å². The van der Waals surface area contributed by atoms with Gasteiger partial charge in [-0.3, -0.25) is 14.5 Å². The standard InChI is InChI=1S/C15H26N2O3/c1-20-15(19)12-14(18)17-10-8-16(9-11-17)13-6-4-2-3-5-7-13/h13H,2-12H2,1H3. The molecular formula is C15H26N2O3. The van der Waals surface area contributed by atoms with Crippen molar-refractivity contribution in [2.75, 3.05) is 33.3 Å². The van der Waals surface area contributed by atoms with Gasteiger partial charge < -0.3 is 9.64 Å². The third-order valence-corrected chi connectivity index (χ3v) is 4.53. The van der Waals surface area contributed by atoms with Crippen LogP contribution in [0.3, 0.4) is 0 Å². The summed E-state index contributed by atoms with van der Waals surface area (Å²) in [7, 11) is 1.32. The lowest BCUT2D eigenvalue weighted by Crippen LogP contribution is -2.52. The monoisotopic (exact) mass is 282 g/mol. The number of carbonyl (C=O) groups excluding carboxylic acids is 2. The van der Waals surface area contributed by atoms with Crippen molar-refractivity contribution in [2.24, 2.45) is 0 Å². The van der Waals surface area contributed by atoms with Crippen LogP contribution in [0.1, 0.15) is 44.9 Å². The Morgan fingerprint density at radius 2 is 1.60 bits per heavy atom. The number of nitrogens with zero attached hydrogens (tertiary/aromatic N) is 2. The first-order valence-electron chi connectivity index (χ1n) is 7.79. The average molecular weight is 282 g/mol. The maximum atomic E-state index is 11.9. The zero-order valence-electron chi connectivity index (χ0n) is 12.5. The largest absolute Gasteiger partial charge is 0.469 e. The Labute approximate surface area is 121 Å². The van der Waals surface area contributed by atoms with Crippen molar-refractivity contribution in [3.8, 4) is 0 Å². The zero-order chi connectivity index (χ0) is 14.4. The molecule has 0 aromatic heterocycles. The smallest absolute Gasteiger partial charge is 0.315 e. The van der Waals surface area contributed by atoms with Gasteiger partial charge in [0.25, 0.3) is 0 Å². The van der Waals surface area contributed by atoms with E-state index in [1.54, 1.807) is 4.90 Å². The number of carbonyl (C=O) groups is 2. The molecule has 1 saturated heterocycles. The Balaban J connectivity index is 1.76. The van der Waals surface area contributed by atoms with Crippen molar-refractivity contribution in [1.82, 2.24) is 9.80 Å². The van der Waals surface area contributed by atoms with Gasteiger partial charge in [0, 0.05) is 32.2 Å². The highest BCUT2D eigenvalue weighted by atomic mass is 16.5. The molecule has 0 aromatic carbocycles. The number of ether oxygens (including phenoxy) is 1. The van der Waals surface area contributed by atoms with E-state index in [0.29, 0.717) is 6.04 Å². The molecule has 5 nitrogen and oxygen atoms in total. The lowest BCUT2D eigenvalue weighted by molar-refractivity contribution is -0.147. The van der Waals surface area contributed by atoms with E-state index < -0.39 is 5.97 Å². The highest BCUT2D eigenvalue weighted by Gasteiger charge is 2.27. The van der Waals surface area contributed by atoms with Crippen LogP contribution in [0.2, 0.25) is 0 Å². The predicted molar refractivity (Wildman–Crippen MR) is 76.3 cm³/mol. The molecule has 0 aromatic rings. The molecule has 2 rings (SSSR count). The first kappa shape index (κ1) is 15.3. The first-order valence-corrected chi connectivity index (χ1v) is 7.79. The molecule has 5 heteroatoms. The fraction of sp³-hybridized carbons (Fsp3) is 0.867. The van der Waals surface area contributed by atoms with Gasteiger partial charge in [0.05, 0.1) is 7.11 Å². The Morgan fingerprint density at radius 3 is 2.15 bits per heavy atom. The van der Waals surface area contributed by atoms with E-state index in [-0.39, 0.29) is 12.3 Å². The van der Waals surface area contributed by atoms with Crippen molar-refractivity contribution in [3.63, 3.8) is 0 Å². The molecule has 0 atom stereocenters. The van der Waals surface area contributed by atoms with Crippen molar-refractivity contribution in [2.45, 2.75) is 51.0 Å².